The van der Waals surface area contributed by atoms with Crippen molar-refractivity contribution in [2.75, 3.05) is 22.1 Å². The Labute approximate surface area is 214 Å². The van der Waals surface area contributed by atoms with Crippen LogP contribution in [0.2, 0.25) is 0 Å². The molecule has 0 aromatic carbocycles. The lowest BCUT2D eigenvalue weighted by atomic mass is 10.0. The van der Waals surface area contributed by atoms with E-state index in [2.05, 4.69) is 35.6 Å². The van der Waals surface area contributed by atoms with Crippen molar-refractivity contribution >= 4 is 34.4 Å². The summed E-state index contributed by atoms with van der Waals surface area (Å²) in [5.74, 6) is 0.728. The van der Waals surface area contributed by atoms with Gasteiger partial charge in [0.05, 0.1) is 11.4 Å². The first-order chi connectivity index (χ1) is 18.5. The average Bonchev–Trinajstić information content (AvgIpc) is 3.60. The highest BCUT2D eigenvalue weighted by Crippen LogP contribution is 2.46. The second-order valence-electron chi connectivity index (χ2n) is 8.09. The Bertz CT molecular complexity index is 1620. The van der Waals surface area contributed by atoms with Crippen molar-refractivity contribution in [3.8, 4) is 45.5 Å². The summed E-state index contributed by atoms with van der Waals surface area (Å²) in [6, 6.07) is 6.73. The molecule has 0 saturated heterocycles. The van der Waals surface area contributed by atoms with Gasteiger partial charge in [0, 0.05) is 35.9 Å². The maximum absolute atomic E-state index is 10.5. The predicted octanol–water partition coefficient (Wildman–Crippen LogP) is 4.35. The Kier molecular flexibility index (Phi) is 5.34. The molecule has 6 rings (SSSR count). The topological polar surface area (TPSA) is 207 Å². The van der Waals surface area contributed by atoms with Crippen LogP contribution in [0.1, 0.15) is 0 Å². The van der Waals surface area contributed by atoms with E-state index in [1.807, 2.05) is 0 Å². The molecule has 2 aliphatic rings. The maximum Gasteiger partial charge on any atom is 0.180 e. The highest BCUT2D eigenvalue weighted by atomic mass is 16.4. The molecule has 4 aromatic rings. The molecule has 0 bridgehead atoms. The predicted molar refractivity (Wildman–Crippen MR) is 139 cm³/mol. The summed E-state index contributed by atoms with van der Waals surface area (Å²) in [5.41, 5.74) is 14.9. The summed E-state index contributed by atoms with van der Waals surface area (Å²) in [4.78, 5) is 21.6. The fourth-order valence-corrected chi connectivity index (χ4v) is 3.92. The normalized spacial score (nSPS) is 11.1. The van der Waals surface area contributed by atoms with Gasteiger partial charge in [0.2, 0.25) is 0 Å². The van der Waals surface area contributed by atoms with Crippen LogP contribution in [-0.4, -0.2) is 35.1 Å². The fraction of sp³-hybridized carbons (Fsp3) is 0. The highest BCUT2D eigenvalue weighted by molar-refractivity contribution is 5.94. The standard InChI is InChI=1S/C25H19N9O4/c26-14-3-1-5-29-24(14)33-20-16(35)9-37-22(20)18-12-7-28-8-13(12)19(32-11-31-18)23-21(17(36)10-38-23)34-25-15(27)4-2-6-30-25/h1-11,35-36H,26-27H2,(H,29,33)(H,30,34). The molecule has 4 aromatic heterocycles. The minimum atomic E-state index is -0.172. The molecule has 13 nitrogen and oxygen atoms in total. The van der Waals surface area contributed by atoms with Crippen LogP contribution in [0.15, 0.2) is 76.7 Å². The average molecular weight is 509 g/mol. The third kappa shape index (κ3) is 3.80. The van der Waals surface area contributed by atoms with Gasteiger partial charge in [-0.15, -0.1) is 0 Å². The van der Waals surface area contributed by atoms with Gasteiger partial charge < -0.3 is 41.1 Å². The van der Waals surface area contributed by atoms with E-state index >= 15 is 0 Å². The number of anilines is 6. The van der Waals surface area contributed by atoms with E-state index in [-0.39, 0.29) is 34.4 Å². The van der Waals surface area contributed by atoms with Crippen LogP contribution in [0, 0.1) is 0 Å². The van der Waals surface area contributed by atoms with Gasteiger partial charge in [0.25, 0.3) is 0 Å². The molecule has 8 N–H and O–H groups in total. The molecule has 0 atom stereocenters. The van der Waals surface area contributed by atoms with E-state index in [4.69, 9.17) is 20.3 Å². The number of nitrogens with one attached hydrogen (secondary N) is 2. The van der Waals surface area contributed by atoms with Crippen molar-refractivity contribution < 1.29 is 19.0 Å². The Hall–Kier alpha value is -5.85. The molecule has 38 heavy (non-hydrogen) atoms. The molecule has 6 heterocycles. The zero-order valence-corrected chi connectivity index (χ0v) is 19.5. The highest BCUT2D eigenvalue weighted by Gasteiger charge is 2.27. The summed E-state index contributed by atoms with van der Waals surface area (Å²) < 4.78 is 11.4. The first-order valence-corrected chi connectivity index (χ1v) is 11.2. The fourth-order valence-electron chi connectivity index (χ4n) is 3.92. The molecule has 188 valence electrons. The molecule has 0 fully saturated rings. The maximum atomic E-state index is 10.5. The summed E-state index contributed by atoms with van der Waals surface area (Å²) in [6.07, 6.45) is 9.94. The number of pyridine rings is 2. The van der Waals surface area contributed by atoms with Crippen LogP contribution in [0.25, 0.3) is 34.0 Å². The second-order valence-corrected chi connectivity index (χ2v) is 8.09. The second kappa shape index (κ2) is 8.98. The first kappa shape index (κ1) is 22.6. The van der Waals surface area contributed by atoms with Gasteiger partial charge in [0.1, 0.15) is 41.6 Å². The van der Waals surface area contributed by atoms with Crippen molar-refractivity contribution in [2.45, 2.75) is 0 Å². The van der Waals surface area contributed by atoms with Crippen LogP contribution in [0.4, 0.5) is 34.4 Å². The minimum Gasteiger partial charge on any atom is -0.503 e. The Morgan fingerprint density at radius 2 is 1.16 bits per heavy atom. The number of aromatic nitrogens is 5. The van der Waals surface area contributed by atoms with Crippen molar-refractivity contribution in [3.63, 3.8) is 0 Å². The zero-order chi connectivity index (χ0) is 26.2. The number of nitrogen functional groups attached to an aromatic ring is 2. The van der Waals surface area contributed by atoms with Crippen molar-refractivity contribution in [2.24, 2.45) is 0 Å². The molecule has 0 amide bonds. The minimum absolute atomic E-state index is 0.172. The number of nitrogens with two attached hydrogens (primary N) is 2. The van der Waals surface area contributed by atoms with E-state index in [0.29, 0.717) is 45.5 Å². The van der Waals surface area contributed by atoms with Crippen LogP contribution in [0.5, 0.6) is 11.5 Å². The van der Waals surface area contributed by atoms with Crippen LogP contribution < -0.4 is 22.1 Å². The van der Waals surface area contributed by atoms with Crippen LogP contribution in [0.3, 0.4) is 0 Å². The zero-order valence-electron chi connectivity index (χ0n) is 19.5. The van der Waals surface area contributed by atoms with Gasteiger partial charge in [0.15, 0.2) is 34.7 Å². The van der Waals surface area contributed by atoms with Crippen LogP contribution in [-0.2, 0) is 0 Å². The molecule has 0 aliphatic carbocycles. The number of nitrogens with zero attached hydrogens (tertiary/aromatic N) is 5. The quantitative estimate of drug-likeness (QED) is 0.185. The smallest absolute Gasteiger partial charge is 0.180 e. The molecule has 13 heteroatoms. The number of hydrogen-bond donors (Lipinski definition) is 6. The van der Waals surface area contributed by atoms with E-state index in [1.165, 1.54) is 18.9 Å². The van der Waals surface area contributed by atoms with E-state index in [0.717, 1.165) is 0 Å². The molecular formula is C25H19N9O4. The molecular weight excluding hydrogens is 490 g/mol. The first-order valence-electron chi connectivity index (χ1n) is 11.2. The van der Waals surface area contributed by atoms with Gasteiger partial charge in [-0.2, -0.15) is 0 Å². The lowest BCUT2D eigenvalue weighted by Crippen LogP contribution is -1.99. The summed E-state index contributed by atoms with van der Waals surface area (Å²) in [5, 5.41) is 27.0. The van der Waals surface area contributed by atoms with E-state index in [1.54, 1.807) is 49.1 Å². The number of fused-ring (bicyclic) bond motifs is 1. The number of aromatic hydroxyl groups is 2. The molecule has 0 unspecified atom stereocenters. The molecule has 0 saturated carbocycles. The van der Waals surface area contributed by atoms with Crippen molar-refractivity contribution in [1.29, 1.82) is 0 Å². The Morgan fingerprint density at radius 3 is 1.61 bits per heavy atom. The molecule has 0 spiro atoms. The Balaban J connectivity index is 1.44. The molecule has 2 aliphatic heterocycles. The number of furan rings is 2. The van der Waals surface area contributed by atoms with Crippen molar-refractivity contribution in [3.05, 3.63) is 67.9 Å². The van der Waals surface area contributed by atoms with Gasteiger partial charge in [-0.3, -0.25) is 4.98 Å². The lowest BCUT2D eigenvalue weighted by Gasteiger charge is -2.10. The summed E-state index contributed by atoms with van der Waals surface area (Å²) in [7, 11) is 0. The monoisotopic (exact) mass is 509 g/mol. The lowest BCUT2D eigenvalue weighted by molar-refractivity contribution is 0.460. The Morgan fingerprint density at radius 1 is 0.684 bits per heavy atom. The van der Waals surface area contributed by atoms with Gasteiger partial charge in [-0.05, 0) is 24.3 Å². The van der Waals surface area contributed by atoms with Gasteiger partial charge in [-0.1, -0.05) is 0 Å². The largest absolute Gasteiger partial charge is 0.503 e. The van der Waals surface area contributed by atoms with Crippen LogP contribution >= 0.6 is 0 Å². The van der Waals surface area contributed by atoms with Crippen molar-refractivity contribution in [1.82, 2.24) is 24.9 Å². The van der Waals surface area contributed by atoms with Gasteiger partial charge >= 0.3 is 0 Å². The number of rotatable bonds is 6. The number of hydrogen-bond acceptors (Lipinski definition) is 13. The van der Waals surface area contributed by atoms with E-state index < -0.39 is 0 Å². The summed E-state index contributed by atoms with van der Waals surface area (Å²) in [6.45, 7) is 0. The third-order valence-electron chi connectivity index (χ3n) is 5.72. The third-order valence-corrected chi connectivity index (χ3v) is 5.72. The SMILES string of the molecule is Nc1cccnc1Nc1c(O)coc1-c1ncnc(-c2occ(O)c2Nc2ncccc2N)c2cncc1-2. The van der Waals surface area contributed by atoms with E-state index in [9.17, 15) is 10.2 Å². The summed E-state index contributed by atoms with van der Waals surface area (Å²) >= 11 is 0. The van der Waals surface area contributed by atoms with Gasteiger partial charge in [-0.25, -0.2) is 19.9 Å². The molecule has 0 radical (unpaired) electrons.